The van der Waals surface area contributed by atoms with Crippen molar-refractivity contribution in [3.63, 3.8) is 0 Å². The third-order valence-corrected chi connectivity index (χ3v) is 4.43. The molecule has 1 fully saturated rings. The maximum Gasteiger partial charge on any atom is 0.224 e. The van der Waals surface area contributed by atoms with E-state index in [4.69, 9.17) is 4.74 Å². The highest BCUT2D eigenvalue weighted by molar-refractivity contribution is 5.88. The van der Waals surface area contributed by atoms with Gasteiger partial charge in [-0.15, -0.1) is 0 Å². The Labute approximate surface area is 144 Å². The van der Waals surface area contributed by atoms with Crippen LogP contribution in [0.15, 0.2) is 24.3 Å². The fraction of sp³-hybridized carbons (Fsp3) is 0.579. The van der Waals surface area contributed by atoms with Crippen LogP contribution in [0.4, 0.5) is 5.69 Å². The van der Waals surface area contributed by atoms with Gasteiger partial charge in [0.05, 0.1) is 19.1 Å². The zero-order valence-electron chi connectivity index (χ0n) is 14.6. The van der Waals surface area contributed by atoms with E-state index in [1.807, 2.05) is 12.1 Å². The Morgan fingerprint density at radius 2 is 1.88 bits per heavy atom. The van der Waals surface area contributed by atoms with Crippen LogP contribution in [0.5, 0.6) is 0 Å². The topological polar surface area (TPSA) is 67.4 Å². The molecule has 1 aromatic rings. The first-order valence-electron chi connectivity index (χ1n) is 8.79. The number of rotatable bonds is 7. The molecule has 2 amide bonds. The van der Waals surface area contributed by atoms with Crippen molar-refractivity contribution in [3.8, 4) is 0 Å². The van der Waals surface area contributed by atoms with Crippen molar-refractivity contribution >= 4 is 17.5 Å². The molecule has 1 aliphatic rings. The van der Waals surface area contributed by atoms with Crippen LogP contribution in [-0.4, -0.2) is 31.1 Å². The van der Waals surface area contributed by atoms with E-state index in [1.54, 1.807) is 12.1 Å². The number of amides is 2. The zero-order valence-corrected chi connectivity index (χ0v) is 14.6. The van der Waals surface area contributed by atoms with Crippen molar-refractivity contribution < 1.29 is 14.3 Å². The van der Waals surface area contributed by atoms with Crippen LogP contribution >= 0.6 is 0 Å². The second-order valence-corrected chi connectivity index (χ2v) is 6.58. The van der Waals surface area contributed by atoms with Crippen LogP contribution in [0.1, 0.15) is 45.1 Å². The minimum Gasteiger partial charge on any atom is -0.376 e. The van der Waals surface area contributed by atoms with Gasteiger partial charge in [0.2, 0.25) is 11.8 Å². The molecule has 2 atom stereocenters. The first kappa shape index (κ1) is 18.5. The van der Waals surface area contributed by atoms with E-state index >= 15 is 0 Å². The fourth-order valence-corrected chi connectivity index (χ4v) is 3.09. The summed E-state index contributed by atoms with van der Waals surface area (Å²) in [5.74, 6) is 0.506. The van der Waals surface area contributed by atoms with Gasteiger partial charge in [0.1, 0.15) is 0 Å². The molecule has 1 saturated carbocycles. The monoisotopic (exact) mass is 332 g/mol. The van der Waals surface area contributed by atoms with Crippen molar-refractivity contribution in [2.75, 3.05) is 18.5 Å². The molecule has 1 aromatic carbocycles. The molecule has 5 nitrogen and oxygen atoms in total. The maximum atomic E-state index is 12.0. The van der Waals surface area contributed by atoms with Gasteiger partial charge in [-0.1, -0.05) is 31.9 Å². The lowest BCUT2D eigenvalue weighted by Crippen LogP contribution is -2.32. The summed E-state index contributed by atoms with van der Waals surface area (Å²) in [5.41, 5.74) is 1.66. The van der Waals surface area contributed by atoms with Crippen LogP contribution in [0.3, 0.4) is 0 Å². The molecule has 0 radical (unpaired) electrons. The molecule has 0 saturated heterocycles. The Hall–Kier alpha value is -1.88. The van der Waals surface area contributed by atoms with E-state index in [9.17, 15) is 9.59 Å². The Kier molecular flexibility index (Phi) is 7.25. The predicted molar refractivity (Wildman–Crippen MR) is 94.8 cm³/mol. The van der Waals surface area contributed by atoms with Gasteiger partial charge in [-0.05, 0) is 36.5 Å². The van der Waals surface area contributed by atoms with Gasteiger partial charge >= 0.3 is 0 Å². The number of nitrogens with one attached hydrogen (secondary N) is 2. The maximum absolute atomic E-state index is 12.0. The van der Waals surface area contributed by atoms with E-state index in [0.29, 0.717) is 31.6 Å². The van der Waals surface area contributed by atoms with Crippen molar-refractivity contribution in [2.45, 2.75) is 52.1 Å². The lowest BCUT2D eigenvalue weighted by Gasteiger charge is -2.28. The lowest BCUT2D eigenvalue weighted by atomic mass is 9.88. The van der Waals surface area contributed by atoms with Crippen molar-refractivity contribution in [2.24, 2.45) is 5.92 Å². The molecule has 0 spiro atoms. The average Bonchev–Trinajstić information content (AvgIpc) is 2.54. The molecule has 0 heterocycles. The van der Waals surface area contributed by atoms with Crippen molar-refractivity contribution in [3.05, 3.63) is 29.8 Å². The van der Waals surface area contributed by atoms with Crippen LogP contribution in [0.2, 0.25) is 0 Å². The number of hydrogen-bond acceptors (Lipinski definition) is 3. The predicted octanol–water partition coefficient (Wildman–Crippen LogP) is 2.90. The van der Waals surface area contributed by atoms with E-state index in [2.05, 4.69) is 17.6 Å². The molecule has 0 aliphatic heterocycles. The quantitative estimate of drug-likeness (QED) is 0.755. The lowest BCUT2D eigenvalue weighted by molar-refractivity contribution is -0.121. The van der Waals surface area contributed by atoms with Crippen molar-refractivity contribution in [1.82, 2.24) is 5.32 Å². The minimum absolute atomic E-state index is 0.0115. The summed E-state index contributed by atoms with van der Waals surface area (Å²) < 4.78 is 5.89. The van der Waals surface area contributed by atoms with Crippen LogP contribution in [-0.2, 0) is 20.7 Å². The summed E-state index contributed by atoms with van der Waals surface area (Å²) in [5, 5.41) is 5.60. The third kappa shape index (κ3) is 6.32. The molecule has 132 valence electrons. The standard InChI is InChI=1S/C19H28N2O3/c1-14-5-3-4-6-18(14)24-12-11-20-19(23)13-16-7-9-17(10-8-16)21-15(2)22/h7-10,14,18H,3-6,11-13H2,1-2H3,(H,20,23)(H,21,22)/t14-,18-/m1/s1. The van der Waals surface area contributed by atoms with E-state index in [-0.39, 0.29) is 11.8 Å². The summed E-state index contributed by atoms with van der Waals surface area (Å²) in [6.07, 6.45) is 5.60. The fourth-order valence-electron chi connectivity index (χ4n) is 3.09. The average molecular weight is 332 g/mol. The highest BCUT2D eigenvalue weighted by Crippen LogP contribution is 2.25. The third-order valence-electron chi connectivity index (χ3n) is 4.43. The number of hydrogen-bond donors (Lipinski definition) is 2. The van der Waals surface area contributed by atoms with E-state index < -0.39 is 0 Å². The van der Waals surface area contributed by atoms with Gasteiger partial charge in [-0.2, -0.15) is 0 Å². The summed E-state index contributed by atoms with van der Waals surface area (Å²) >= 11 is 0. The van der Waals surface area contributed by atoms with Gasteiger partial charge < -0.3 is 15.4 Å². The molecular weight excluding hydrogens is 304 g/mol. The van der Waals surface area contributed by atoms with Crippen LogP contribution in [0, 0.1) is 5.92 Å². The van der Waals surface area contributed by atoms with Gasteiger partial charge in [0.15, 0.2) is 0 Å². The SMILES string of the molecule is CC(=O)Nc1ccc(CC(=O)NCCO[C@@H]2CCCC[C@H]2C)cc1. The Bertz CT molecular complexity index is 542. The normalized spacial score (nSPS) is 20.4. The first-order chi connectivity index (χ1) is 11.5. The van der Waals surface area contributed by atoms with Crippen LogP contribution in [0.25, 0.3) is 0 Å². The number of anilines is 1. The molecule has 0 unspecified atom stereocenters. The largest absolute Gasteiger partial charge is 0.376 e. The van der Waals surface area contributed by atoms with Gasteiger partial charge in [-0.25, -0.2) is 0 Å². The highest BCUT2D eigenvalue weighted by atomic mass is 16.5. The molecule has 2 N–H and O–H groups in total. The molecule has 24 heavy (non-hydrogen) atoms. The Morgan fingerprint density at radius 1 is 1.17 bits per heavy atom. The Morgan fingerprint density at radius 3 is 2.54 bits per heavy atom. The molecule has 0 bridgehead atoms. The highest BCUT2D eigenvalue weighted by Gasteiger charge is 2.21. The van der Waals surface area contributed by atoms with E-state index in [1.165, 1.54) is 26.2 Å². The molecule has 2 rings (SSSR count). The molecular formula is C19H28N2O3. The number of benzene rings is 1. The number of carbonyl (C=O) groups excluding carboxylic acids is 2. The number of carbonyl (C=O) groups is 2. The van der Waals surface area contributed by atoms with Gasteiger partial charge in [0, 0.05) is 19.2 Å². The minimum atomic E-state index is -0.104. The number of ether oxygens (including phenoxy) is 1. The van der Waals surface area contributed by atoms with Crippen molar-refractivity contribution in [1.29, 1.82) is 0 Å². The molecule has 5 heteroatoms. The van der Waals surface area contributed by atoms with E-state index in [0.717, 1.165) is 17.7 Å². The second kappa shape index (κ2) is 9.42. The summed E-state index contributed by atoms with van der Waals surface area (Å²) in [6.45, 7) is 4.83. The second-order valence-electron chi connectivity index (χ2n) is 6.58. The van der Waals surface area contributed by atoms with Crippen LogP contribution < -0.4 is 10.6 Å². The first-order valence-corrected chi connectivity index (χ1v) is 8.79. The van der Waals surface area contributed by atoms with Gasteiger partial charge in [-0.3, -0.25) is 9.59 Å². The smallest absolute Gasteiger partial charge is 0.224 e. The van der Waals surface area contributed by atoms with Gasteiger partial charge in [0.25, 0.3) is 0 Å². The molecule has 0 aromatic heterocycles. The zero-order chi connectivity index (χ0) is 17.4. The Balaban J connectivity index is 1.65. The summed E-state index contributed by atoms with van der Waals surface area (Å²) in [6, 6.07) is 7.31. The summed E-state index contributed by atoms with van der Waals surface area (Å²) in [4.78, 5) is 22.9. The molecule has 1 aliphatic carbocycles. The summed E-state index contributed by atoms with van der Waals surface area (Å²) in [7, 11) is 0.